The van der Waals surface area contributed by atoms with Crippen molar-refractivity contribution in [3.05, 3.63) is 33.4 Å². The summed E-state index contributed by atoms with van der Waals surface area (Å²) in [6.07, 6.45) is 7.37. The lowest BCUT2D eigenvalue weighted by Gasteiger charge is -2.13. The van der Waals surface area contributed by atoms with Crippen LogP contribution in [0.25, 0.3) is 0 Å². The van der Waals surface area contributed by atoms with Gasteiger partial charge in [-0.2, -0.15) is 0 Å². The van der Waals surface area contributed by atoms with Gasteiger partial charge in [-0.05, 0) is 38.7 Å². The fourth-order valence-corrected chi connectivity index (χ4v) is 2.47. The van der Waals surface area contributed by atoms with Crippen molar-refractivity contribution in [2.45, 2.75) is 52.9 Å². The number of carbonyl (C=O) groups excluding carboxylic acids is 1. The topological polar surface area (TPSA) is 57.5 Å². The molecule has 0 saturated carbocycles. The monoisotopic (exact) mass is 310 g/mol. The Morgan fingerprint density at radius 1 is 1.24 bits per heavy atom. The Morgan fingerprint density at radius 3 is 2.48 bits per heavy atom. The van der Waals surface area contributed by atoms with Gasteiger partial charge in [0.25, 0.3) is 0 Å². The van der Waals surface area contributed by atoms with Crippen LogP contribution in [0, 0.1) is 6.92 Å². The minimum absolute atomic E-state index is 0.127. The molecule has 0 heterocycles. The number of phenols is 2. The second kappa shape index (κ2) is 8.08. The Morgan fingerprint density at radius 2 is 1.90 bits per heavy atom. The third-order valence-electron chi connectivity index (χ3n) is 3.72. The molecule has 21 heavy (non-hydrogen) atoms. The lowest BCUT2D eigenvalue weighted by molar-refractivity contribution is 0.112. The van der Waals surface area contributed by atoms with Crippen LogP contribution in [0.1, 0.15) is 61.0 Å². The summed E-state index contributed by atoms with van der Waals surface area (Å²) >= 11 is 6.02. The summed E-state index contributed by atoms with van der Waals surface area (Å²) in [5.74, 6) is -0.322. The van der Waals surface area contributed by atoms with Gasteiger partial charge in [0.15, 0.2) is 6.29 Å². The number of hydrogen-bond donors (Lipinski definition) is 2. The molecule has 0 fully saturated rings. The molecule has 0 aliphatic carbocycles. The molecule has 0 spiro atoms. The predicted octanol–water partition coefficient (Wildman–Crippen LogP) is 4.94. The minimum atomic E-state index is -0.179. The normalized spacial score (nSPS) is 11.7. The lowest BCUT2D eigenvalue weighted by Crippen LogP contribution is -1.96. The number of benzene rings is 1. The average molecular weight is 311 g/mol. The highest BCUT2D eigenvalue weighted by Gasteiger charge is 2.19. The minimum Gasteiger partial charge on any atom is -0.507 e. The number of unbranched alkanes of at least 4 members (excludes halogenated alkanes) is 2. The molecule has 1 aromatic carbocycles. The SMILES string of the molecule is CCCCCC(C)=CCc1c(O)c(Cl)c(C)c(C=O)c1O. The number of allylic oxidation sites excluding steroid dienone is 2. The molecule has 116 valence electrons. The molecule has 4 heteroatoms. The van der Waals surface area contributed by atoms with Crippen molar-refractivity contribution < 1.29 is 15.0 Å². The highest BCUT2D eigenvalue weighted by Crippen LogP contribution is 2.40. The molecule has 0 radical (unpaired) electrons. The summed E-state index contributed by atoms with van der Waals surface area (Å²) in [6, 6.07) is 0. The molecule has 0 unspecified atom stereocenters. The first-order valence-corrected chi connectivity index (χ1v) is 7.65. The van der Waals surface area contributed by atoms with Gasteiger partial charge in [0, 0.05) is 5.56 Å². The number of hydrogen-bond acceptors (Lipinski definition) is 3. The molecule has 3 nitrogen and oxygen atoms in total. The summed E-state index contributed by atoms with van der Waals surface area (Å²) in [5, 5.41) is 20.3. The third-order valence-corrected chi connectivity index (χ3v) is 4.18. The Balaban J connectivity index is 3.01. The molecule has 1 aromatic rings. The van der Waals surface area contributed by atoms with Gasteiger partial charge in [-0.25, -0.2) is 0 Å². The van der Waals surface area contributed by atoms with Crippen molar-refractivity contribution in [3.63, 3.8) is 0 Å². The molecule has 0 aromatic heterocycles. The maximum absolute atomic E-state index is 11.1. The van der Waals surface area contributed by atoms with Crippen LogP contribution in [0.4, 0.5) is 0 Å². The van der Waals surface area contributed by atoms with Crippen LogP contribution in [0.3, 0.4) is 0 Å². The van der Waals surface area contributed by atoms with E-state index in [9.17, 15) is 15.0 Å². The van der Waals surface area contributed by atoms with Gasteiger partial charge in [0.05, 0.1) is 10.6 Å². The van der Waals surface area contributed by atoms with E-state index in [1.165, 1.54) is 18.4 Å². The third kappa shape index (κ3) is 4.24. The lowest BCUT2D eigenvalue weighted by atomic mass is 9.99. The van der Waals surface area contributed by atoms with Gasteiger partial charge in [0.1, 0.15) is 11.5 Å². The Labute approximate surface area is 131 Å². The summed E-state index contributed by atoms with van der Waals surface area (Å²) in [4.78, 5) is 11.1. The van der Waals surface area contributed by atoms with Crippen LogP contribution in [-0.2, 0) is 6.42 Å². The Kier molecular flexibility index (Phi) is 6.76. The van der Waals surface area contributed by atoms with Crippen LogP contribution < -0.4 is 0 Å². The molecule has 1 rings (SSSR count). The molecule has 0 saturated heterocycles. The summed E-state index contributed by atoms with van der Waals surface area (Å²) in [7, 11) is 0. The van der Waals surface area contributed by atoms with Crippen molar-refractivity contribution >= 4 is 17.9 Å². The second-order valence-corrected chi connectivity index (χ2v) is 5.74. The quantitative estimate of drug-likeness (QED) is 0.426. The van der Waals surface area contributed by atoms with E-state index < -0.39 is 0 Å². The number of aromatic hydroxyl groups is 2. The molecule has 0 atom stereocenters. The van der Waals surface area contributed by atoms with E-state index >= 15 is 0 Å². The van der Waals surface area contributed by atoms with E-state index in [0.717, 1.165) is 12.8 Å². The van der Waals surface area contributed by atoms with Crippen LogP contribution in [0.15, 0.2) is 11.6 Å². The summed E-state index contributed by atoms with van der Waals surface area (Å²) in [5.41, 5.74) is 2.05. The van der Waals surface area contributed by atoms with Crippen molar-refractivity contribution in [1.82, 2.24) is 0 Å². The van der Waals surface area contributed by atoms with E-state index in [-0.39, 0.29) is 22.1 Å². The maximum atomic E-state index is 11.1. The van der Waals surface area contributed by atoms with E-state index in [0.29, 0.717) is 23.8 Å². The van der Waals surface area contributed by atoms with Gasteiger partial charge < -0.3 is 10.2 Å². The second-order valence-electron chi connectivity index (χ2n) is 5.36. The van der Waals surface area contributed by atoms with E-state index in [1.54, 1.807) is 6.92 Å². The number of aldehydes is 1. The van der Waals surface area contributed by atoms with Crippen LogP contribution in [0.2, 0.25) is 5.02 Å². The largest absolute Gasteiger partial charge is 0.507 e. The number of carbonyl (C=O) groups is 1. The van der Waals surface area contributed by atoms with Gasteiger partial charge in [0.2, 0.25) is 0 Å². The zero-order valence-corrected chi connectivity index (χ0v) is 13.6. The molecule has 0 aliphatic rings. The van der Waals surface area contributed by atoms with E-state index in [2.05, 4.69) is 6.92 Å². The number of rotatable bonds is 7. The fraction of sp³-hybridized carbons (Fsp3) is 0.471. The Bertz CT molecular complexity index is 548. The average Bonchev–Trinajstić information content (AvgIpc) is 2.46. The van der Waals surface area contributed by atoms with E-state index in [4.69, 9.17) is 11.6 Å². The highest BCUT2D eigenvalue weighted by atomic mass is 35.5. The zero-order valence-electron chi connectivity index (χ0n) is 12.9. The van der Waals surface area contributed by atoms with Gasteiger partial charge in [-0.3, -0.25) is 4.79 Å². The van der Waals surface area contributed by atoms with Crippen LogP contribution in [-0.4, -0.2) is 16.5 Å². The van der Waals surface area contributed by atoms with Crippen LogP contribution in [0.5, 0.6) is 11.5 Å². The first-order valence-electron chi connectivity index (χ1n) is 7.27. The first-order chi connectivity index (χ1) is 9.93. The molecule has 0 amide bonds. The van der Waals surface area contributed by atoms with Crippen molar-refractivity contribution in [2.75, 3.05) is 0 Å². The van der Waals surface area contributed by atoms with Crippen molar-refractivity contribution in [3.8, 4) is 11.5 Å². The van der Waals surface area contributed by atoms with E-state index in [1.807, 2.05) is 13.0 Å². The molecular formula is C17H23ClO3. The molecule has 0 bridgehead atoms. The number of halogens is 1. The van der Waals surface area contributed by atoms with Gasteiger partial charge in [-0.1, -0.05) is 43.0 Å². The Hall–Kier alpha value is -1.48. The van der Waals surface area contributed by atoms with Crippen LogP contribution >= 0.6 is 11.6 Å². The standard InChI is InChI=1S/C17H23ClO3/c1-4-5-6-7-11(2)8-9-13-16(20)14(10-19)12(3)15(18)17(13)21/h8,10,20-21H,4-7,9H2,1-3H3. The van der Waals surface area contributed by atoms with Crippen molar-refractivity contribution in [1.29, 1.82) is 0 Å². The van der Waals surface area contributed by atoms with Crippen molar-refractivity contribution in [2.24, 2.45) is 0 Å². The first kappa shape index (κ1) is 17.6. The maximum Gasteiger partial charge on any atom is 0.154 e. The fourth-order valence-electron chi connectivity index (χ4n) is 2.25. The highest BCUT2D eigenvalue weighted by molar-refractivity contribution is 6.33. The smallest absolute Gasteiger partial charge is 0.154 e. The summed E-state index contributed by atoms with van der Waals surface area (Å²) < 4.78 is 0. The zero-order chi connectivity index (χ0) is 16.0. The van der Waals surface area contributed by atoms with Gasteiger partial charge >= 0.3 is 0 Å². The molecular weight excluding hydrogens is 288 g/mol. The van der Waals surface area contributed by atoms with Gasteiger partial charge in [-0.15, -0.1) is 0 Å². The molecule has 2 N–H and O–H groups in total. The number of phenolic OH excluding ortho intramolecular Hbond substituents is 2. The summed E-state index contributed by atoms with van der Waals surface area (Å²) in [6.45, 7) is 5.78. The predicted molar refractivity (Wildman–Crippen MR) is 86.5 cm³/mol. The molecule has 0 aliphatic heterocycles.